The maximum Gasteiger partial charge on any atom is 0.255 e. The van der Waals surface area contributed by atoms with E-state index in [1.807, 2.05) is 7.05 Å². The summed E-state index contributed by atoms with van der Waals surface area (Å²) in [6.07, 6.45) is 3.56. The zero-order valence-corrected chi connectivity index (χ0v) is 10.7. The first-order chi connectivity index (χ1) is 7.72. The van der Waals surface area contributed by atoms with E-state index < -0.39 is 0 Å². The van der Waals surface area contributed by atoms with Gasteiger partial charge in [0.2, 0.25) is 0 Å². The van der Waals surface area contributed by atoms with E-state index in [4.69, 9.17) is 11.6 Å². The summed E-state index contributed by atoms with van der Waals surface area (Å²) in [6.45, 7) is 0.927. The predicted octanol–water partition coefficient (Wildman–Crippen LogP) is 1.58. The van der Waals surface area contributed by atoms with E-state index in [2.05, 4.69) is 26.2 Å². The fraction of sp³-hybridized carbons (Fsp3) is 0.444. The van der Waals surface area contributed by atoms with Gasteiger partial charge in [0.25, 0.3) is 5.78 Å². The molecule has 86 valence electrons. The van der Waals surface area contributed by atoms with Crippen molar-refractivity contribution in [2.45, 2.75) is 0 Å². The Morgan fingerprint density at radius 2 is 2.38 bits per heavy atom. The molecular formula is C9H12ClN5S. The molecule has 0 amide bonds. The summed E-state index contributed by atoms with van der Waals surface area (Å²) in [4.78, 5) is 10.2. The number of anilines is 1. The van der Waals surface area contributed by atoms with Gasteiger partial charge in [0.15, 0.2) is 0 Å². The van der Waals surface area contributed by atoms with Crippen LogP contribution in [0.15, 0.2) is 12.4 Å². The van der Waals surface area contributed by atoms with Crippen molar-refractivity contribution in [3.63, 3.8) is 0 Å². The monoisotopic (exact) mass is 257 g/mol. The first kappa shape index (κ1) is 11.5. The van der Waals surface area contributed by atoms with E-state index in [-0.39, 0.29) is 0 Å². The van der Waals surface area contributed by atoms with Gasteiger partial charge in [-0.1, -0.05) is 11.6 Å². The van der Waals surface area contributed by atoms with E-state index in [1.165, 1.54) is 6.33 Å². The highest BCUT2D eigenvalue weighted by Gasteiger charge is 2.09. The largest absolute Gasteiger partial charge is 0.359 e. The summed E-state index contributed by atoms with van der Waals surface area (Å²) in [6, 6.07) is 1.80. The van der Waals surface area contributed by atoms with Crippen molar-refractivity contribution < 1.29 is 0 Å². The van der Waals surface area contributed by atoms with Crippen LogP contribution in [0.3, 0.4) is 0 Å². The summed E-state index contributed by atoms with van der Waals surface area (Å²) < 4.78 is 1.69. The van der Waals surface area contributed by atoms with Crippen LogP contribution in [0.5, 0.6) is 0 Å². The molecule has 0 fully saturated rings. The van der Waals surface area contributed by atoms with Gasteiger partial charge in [-0.05, 0) is 6.26 Å². The molecular weight excluding hydrogens is 246 g/mol. The first-order valence-electron chi connectivity index (χ1n) is 4.78. The molecule has 5 nitrogen and oxygen atoms in total. The number of halogens is 1. The lowest BCUT2D eigenvalue weighted by Crippen LogP contribution is -2.23. The van der Waals surface area contributed by atoms with Crippen molar-refractivity contribution in [1.29, 1.82) is 0 Å². The van der Waals surface area contributed by atoms with Crippen molar-refractivity contribution in [3.8, 4) is 0 Å². The molecule has 2 heterocycles. The number of fused-ring (bicyclic) bond motifs is 1. The molecule has 16 heavy (non-hydrogen) atoms. The van der Waals surface area contributed by atoms with Crippen LogP contribution in [0.25, 0.3) is 5.78 Å². The molecule has 2 rings (SSSR count). The molecule has 0 atom stereocenters. The van der Waals surface area contributed by atoms with E-state index >= 15 is 0 Å². The molecule has 0 saturated heterocycles. The van der Waals surface area contributed by atoms with Crippen LogP contribution in [-0.2, 0) is 0 Å². The van der Waals surface area contributed by atoms with Crippen LogP contribution in [-0.4, -0.2) is 45.2 Å². The fourth-order valence-electron chi connectivity index (χ4n) is 1.38. The number of hydrogen-bond donors (Lipinski definition) is 0. The molecule has 0 aliphatic heterocycles. The molecule has 0 N–H and O–H groups in total. The molecule has 0 aromatic carbocycles. The second-order valence-corrected chi connectivity index (χ2v) is 4.70. The minimum absolute atomic E-state index is 0.437. The van der Waals surface area contributed by atoms with Gasteiger partial charge < -0.3 is 4.90 Å². The van der Waals surface area contributed by atoms with Gasteiger partial charge in [-0.2, -0.15) is 31.3 Å². The van der Waals surface area contributed by atoms with Gasteiger partial charge in [0.1, 0.15) is 17.3 Å². The third kappa shape index (κ3) is 2.22. The highest BCUT2D eigenvalue weighted by molar-refractivity contribution is 7.98. The second kappa shape index (κ2) is 4.88. The van der Waals surface area contributed by atoms with Gasteiger partial charge in [-0.15, -0.1) is 0 Å². The third-order valence-corrected chi connectivity index (χ3v) is 3.01. The quantitative estimate of drug-likeness (QED) is 0.779. The molecule has 2 aromatic rings. The number of thioether (sulfide) groups is 1. The van der Waals surface area contributed by atoms with Crippen molar-refractivity contribution in [3.05, 3.63) is 17.5 Å². The minimum Gasteiger partial charge on any atom is -0.359 e. The topological polar surface area (TPSA) is 46.3 Å². The maximum absolute atomic E-state index is 5.93. The van der Waals surface area contributed by atoms with Crippen molar-refractivity contribution in [2.24, 2.45) is 0 Å². The summed E-state index contributed by atoms with van der Waals surface area (Å²) >= 11 is 7.74. The highest BCUT2D eigenvalue weighted by atomic mass is 35.5. The summed E-state index contributed by atoms with van der Waals surface area (Å²) in [5.41, 5.74) is 0. The molecule has 0 aliphatic rings. The number of hydrogen-bond acceptors (Lipinski definition) is 5. The summed E-state index contributed by atoms with van der Waals surface area (Å²) in [5, 5.41) is 4.56. The van der Waals surface area contributed by atoms with Gasteiger partial charge in [0.05, 0.1) is 0 Å². The molecule has 0 aliphatic carbocycles. The average Bonchev–Trinajstić information content (AvgIpc) is 2.72. The minimum atomic E-state index is 0.437. The Bertz CT molecular complexity index is 486. The van der Waals surface area contributed by atoms with Gasteiger partial charge in [0, 0.05) is 25.4 Å². The molecule has 0 saturated carbocycles. The Kier molecular flexibility index (Phi) is 3.50. The van der Waals surface area contributed by atoms with Gasteiger partial charge in [-0.3, -0.25) is 0 Å². The number of aromatic nitrogens is 4. The third-order valence-electron chi connectivity index (χ3n) is 2.22. The van der Waals surface area contributed by atoms with E-state index in [0.29, 0.717) is 10.9 Å². The van der Waals surface area contributed by atoms with Crippen molar-refractivity contribution in [1.82, 2.24) is 19.6 Å². The maximum atomic E-state index is 5.93. The van der Waals surface area contributed by atoms with Crippen LogP contribution in [0.1, 0.15) is 0 Å². The van der Waals surface area contributed by atoms with Gasteiger partial charge in [-0.25, -0.2) is 0 Å². The standard InChI is InChI=1S/C9H12ClN5S/c1-14(3-4-16-2)8-5-7(10)13-9-11-6-12-15(8)9/h5-6H,3-4H2,1-2H3. The Balaban J connectivity index is 2.38. The van der Waals surface area contributed by atoms with E-state index in [9.17, 15) is 0 Å². The fourth-order valence-corrected chi connectivity index (χ4v) is 2.01. The summed E-state index contributed by atoms with van der Waals surface area (Å²) in [5.74, 6) is 2.48. The normalized spacial score (nSPS) is 10.9. The SMILES string of the molecule is CSCCN(C)c1cc(Cl)nc2ncnn12. The molecule has 0 unspecified atom stereocenters. The zero-order valence-electron chi connectivity index (χ0n) is 9.09. The zero-order chi connectivity index (χ0) is 11.5. The van der Waals surface area contributed by atoms with Crippen LogP contribution >= 0.6 is 23.4 Å². The second-order valence-electron chi connectivity index (χ2n) is 3.32. The highest BCUT2D eigenvalue weighted by Crippen LogP contribution is 2.17. The predicted molar refractivity (Wildman–Crippen MR) is 67.4 cm³/mol. The van der Waals surface area contributed by atoms with Crippen molar-refractivity contribution in [2.75, 3.05) is 30.5 Å². The molecule has 0 bridgehead atoms. The van der Waals surface area contributed by atoms with E-state index in [0.717, 1.165) is 18.1 Å². The molecule has 2 aromatic heterocycles. The van der Waals surface area contributed by atoms with Crippen LogP contribution in [0.4, 0.5) is 5.82 Å². The van der Waals surface area contributed by atoms with Gasteiger partial charge >= 0.3 is 0 Å². The first-order valence-corrected chi connectivity index (χ1v) is 6.56. The van der Waals surface area contributed by atoms with Crippen molar-refractivity contribution >= 4 is 35.0 Å². The Hall–Kier alpha value is -1.01. The smallest absolute Gasteiger partial charge is 0.255 e. The summed E-state index contributed by atoms with van der Waals surface area (Å²) in [7, 11) is 2.00. The van der Waals surface area contributed by atoms with Crippen LogP contribution < -0.4 is 4.90 Å². The Morgan fingerprint density at radius 3 is 3.12 bits per heavy atom. The lowest BCUT2D eigenvalue weighted by Gasteiger charge is -2.18. The van der Waals surface area contributed by atoms with Crippen LogP contribution in [0, 0.1) is 0 Å². The lowest BCUT2D eigenvalue weighted by molar-refractivity contribution is 0.857. The van der Waals surface area contributed by atoms with E-state index in [1.54, 1.807) is 22.3 Å². The Labute approximate surface area is 103 Å². The molecule has 0 spiro atoms. The number of rotatable bonds is 4. The Morgan fingerprint density at radius 1 is 1.56 bits per heavy atom. The number of nitrogens with zero attached hydrogens (tertiary/aromatic N) is 5. The molecule has 0 radical (unpaired) electrons. The lowest BCUT2D eigenvalue weighted by atomic mass is 10.5. The van der Waals surface area contributed by atoms with Crippen LogP contribution in [0.2, 0.25) is 5.15 Å². The molecule has 7 heteroatoms. The average molecular weight is 258 g/mol.